The van der Waals surface area contributed by atoms with E-state index < -0.39 is 10.8 Å². The van der Waals surface area contributed by atoms with E-state index in [9.17, 15) is 14.9 Å². The van der Waals surface area contributed by atoms with E-state index in [2.05, 4.69) is 0 Å². The van der Waals surface area contributed by atoms with Crippen molar-refractivity contribution in [3.8, 4) is 5.75 Å². The van der Waals surface area contributed by atoms with Gasteiger partial charge in [0.15, 0.2) is 0 Å². The Kier molecular flexibility index (Phi) is 3.35. The minimum atomic E-state index is -0.815. The molecule has 7 nitrogen and oxygen atoms in total. The van der Waals surface area contributed by atoms with E-state index in [1.54, 1.807) is 0 Å². The zero-order valence-electron chi connectivity index (χ0n) is 9.09. The number of carbonyl (C=O) groups is 1. The molecule has 0 unspecified atom stereocenters. The first-order valence-electron chi connectivity index (χ1n) is 5.01. The first kappa shape index (κ1) is 12.6. The van der Waals surface area contributed by atoms with Gasteiger partial charge >= 0.3 is 0 Å². The van der Waals surface area contributed by atoms with Crippen LogP contribution in [0, 0.1) is 10.1 Å². The van der Waals surface area contributed by atoms with Crippen LogP contribution in [0.25, 0.3) is 0 Å². The Labute approximate surface area is 107 Å². The van der Waals surface area contributed by atoms with Gasteiger partial charge in [0.2, 0.25) is 0 Å². The van der Waals surface area contributed by atoms with E-state index >= 15 is 0 Å². The Hall–Kier alpha value is -1.86. The van der Waals surface area contributed by atoms with Gasteiger partial charge in [0, 0.05) is 12.1 Å². The Balaban J connectivity index is 2.40. The molecule has 18 heavy (non-hydrogen) atoms. The number of primary amides is 1. The molecule has 1 aliphatic rings. The third-order valence-corrected chi connectivity index (χ3v) is 2.72. The molecule has 8 heteroatoms. The second kappa shape index (κ2) is 4.79. The molecule has 0 spiro atoms. The van der Waals surface area contributed by atoms with Crippen LogP contribution in [0.2, 0.25) is 5.02 Å². The van der Waals surface area contributed by atoms with E-state index in [-0.39, 0.29) is 28.1 Å². The largest absolute Gasteiger partial charge is 0.485 e. The number of nitrogens with zero attached hydrogens (tertiary/aromatic N) is 1. The Bertz CT molecular complexity index is 515. The van der Waals surface area contributed by atoms with Crippen molar-refractivity contribution in [2.45, 2.75) is 6.10 Å². The predicted octanol–water partition coefficient (Wildman–Crippen LogP) is 1.12. The average molecular weight is 273 g/mol. The fourth-order valence-electron chi connectivity index (χ4n) is 1.44. The molecule has 1 aromatic carbocycles. The van der Waals surface area contributed by atoms with Gasteiger partial charge in [-0.15, -0.1) is 0 Å². The summed E-state index contributed by atoms with van der Waals surface area (Å²) in [6.07, 6.45) is -0.194. The second-order valence-electron chi connectivity index (χ2n) is 3.70. The van der Waals surface area contributed by atoms with Crippen molar-refractivity contribution in [2.75, 3.05) is 13.2 Å². The minimum absolute atomic E-state index is 0.0713. The summed E-state index contributed by atoms with van der Waals surface area (Å²) in [5.74, 6) is -0.684. The summed E-state index contributed by atoms with van der Waals surface area (Å²) >= 11 is 5.74. The number of ether oxygens (including phenoxy) is 2. The number of halogens is 1. The molecule has 96 valence electrons. The summed E-state index contributed by atoms with van der Waals surface area (Å²) in [6.45, 7) is 0.791. The van der Waals surface area contributed by atoms with Crippen molar-refractivity contribution >= 4 is 23.2 Å². The number of hydrogen-bond acceptors (Lipinski definition) is 5. The van der Waals surface area contributed by atoms with Gasteiger partial charge in [0.1, 0.15) is 16.9 Å². The van der Waals surface area contributed by atoms with Crippen LogP contribution < -0.4 is 10.5 Å². The molecule has 2 rings (SSSR count). The highest BCUT2D eigenvalue weighted by Gasteiger charge is 2.25. The highest BCUT2D eigenvalue weighted by molar-refractivity contribution is 6.33. The smallest absolute Gasteiger partial charge is 0.288 e. The van der Waals surface area contributed by atoms with E-state index in [4.69, 9.17) is 26.8 Å². The topological polar surface area (TPSA) is 105 Å². The van der Waals surface area contributed by atoms with Crippen molar-refractivity contribution < 1.29 is 19.2 Å². The normalized spacial score (nSPS) is 14.9. The number of rotatable bonds is 4. The molecule has 1 fully saturated rings. The summed E-state index contributed by atoms with van der Waals surface area (Å²) in [4.78, 5) is 21.3. The van der Waals surface area contributed by atoms with Crippen LogP contribution in [0.1, 0.15) is 10.4 Å². The third kappa shape index (κ3) is 2.36. The van der Waals surface area contributed by atoms with Gasteiger partial charge in [-0.25, -0.2) is 0 Å². The highest BCUT2D eigenvalue weighted by Crippen LogP contribution is 2.33. The number of hydrogen-bond donors (Lipinski definition) is 1. The van der Waals surface area contributed by atoms with Gasteiger partial charge < -0.3 is 15.2 Å². The molecule has 1 aromatic rings. The second-order valence-corrected chi connectivity index (χ2v) is 4.11. The number of nitro groups is 1. The average Bonchev–Trinajstić information content (AvgIpc) is 2.22. The lowest BCUT2D eigenvalue weighted by molar-refractivity contribution is -0.384. The van der Waals surface area contributed by atoms with E-state index in [0.717, 1.165) is 6.07 Å². The van der Waals surface area contributed by atoms with Crippen molar-refractivity contribution in [3.05, 3.63) is 32.8 Å². The molecule has 0 bridgehead atoms. The molecule has 1 heterocycles. The molecular weight excluding hydrogens is 264 g/mol. The van der Waals surface area contributed by atoms with Gasteiger partial charge in [-0.1, -0.05) is 11.6 Å². The third-order valence-electron chi connectivity index (χ3n) is 2.41. The van der Waals surface area contributed by atoms with Gasteiger partial charge in [0.25, 0.3) is 11.6 Å². The van der Waals surface area contributed by atoms with Crippen molar-refractivity contribution in [1.29, 1.82) is 0 Å². The maximum atomic E-state index is 11.2. The highest BCUT2D eigenvalue weighted by atomic mass is 35.5. The predicted molar refractivity (Wildman–Crippen MR) is 61.9 cm³/mol. The van der Waals surface area contributed by atoms with Crippen LogP contribution in [-0.4, -0.2) is 30.1 Å². The number of nitrogens with two attached hydrogens (primary N) is 1. The molecule has 0 aromatic heterocycles. The van der Waals surface area contributed by atoms with E-state index in [1.165, 1.54) is 6.07 Å². The monoisotopic (exact) mass is 272 g/mol. The molecule has 0 saturated carbocycles. The molecule has 0 atom stereocenters. The fraction of sp³-hybridized carbons (Fsp3) is 0.300. The molecule has 0 radical (unpaired) electrons. The lowest BCUT2D eigenvalue weighted by atomic mass is 10.1. The van der Waals surface area contributed by atoms with Crippen LogP contribution in [-0.2, 0) is 4.74 Å². The molecule has 0 aliphatic carbocycles. The SMILES string of the molecule is NC(=O)c1cc([N+](=O)[O-])c(Cl)cc1OC1COC1. The lowest BCUT2D eigenvalue weighted by Gasteiger charge is -2.27. The van der Waals surface area contributed by atoms with Crippen molar-refractivity contribution in [3.63, 3.8) is 0 Å². The van der Waals surface area contributed by atoms with Crippen LogP contribution in [0.3, 0.4) is 0 Å². The first-order chi connectivity index (χ1) is 8.49. The summed E-state index contributed by atoms with van der Waals surface area (Å²) in [7, 11) is 0. The van der Waals surface area contributed by atoms with Crippen molar-refractivity contribution in [1.82, 2.24) is 0 Å². The Morgan fingerprint density at radius 3 is 2.67 bits per heavy atom. The molecule has 2 N–H and O–H groups in total. The minimum Gasteiger partial charge on any atom is -0.485 e. The van der Waals surface area contributed by atoms with Crippen LogP contribution in [0.15, 0.2) is 12.1 Å². The standard InChI is InChI=1S/C10H9ClN2O5/c11-7-2-9(18-5-3-17-4-5)6(10(12)14)1-8(7)13(15)16/h1-2,5H,3-4H2,(H2,12,14). The molecular formula is C10H9ClN2O5. The van der Waals surface area contributed by atoms with Crippen LogP contribution >= 0.6 is 11.6 Å². The molecule has 1 saturated heterocycles. The van der Waals surface area contributed by atoms with Crippen LogP contribution in [0.5, 0.6) is 5.75 Å². The van der Waals surface area contributed by atoms with Gasteiger partial charge in [-0.2, -0.15) is 0 Å². The fourth-order valence-corrected chi connectivity index (χ4v) is 1.66. The zero-order chi connectivity index (χ0) is 13.3. The molecule has 1 amide bonds. The van der Waals surface area contributed by atoms with Gasteiger partial charge in [-0.05, 0) is 0 Å². The summed E-state index contributed by atoms with van der Waals surface area (Å²) in [6, 6.07) is 2.23. The Morgan fingerprint density at radius 1 is 1.56 bits per heavy atom. The van der Waals surface area contributed by atoms with Gasteiger partial charge in [-0.3, -0.25) is 14.9 Å². The first-order valence-corrected chi connectivity index (χ1v) is 5.39. The summed E-state index contributed by atoms with van der Waals surface area (Å²) in [5, 5.41) is 10.6. The quantitative estimate of drug-likeness (QED) is 0.653. The summed E-state index contributed by atoms with van der Waals surface area (Å²) < 4.78 is 10.3. The number of amides is 1. The van der Waals surface area contributed by atoms with Crippen LogP contribution in [0.4, 0.5) is 5.69 Å². The summed E-state index contributed by atoms with van der Waals surface area (Å²) in [5.41, 5.74) is 4.70. The zero-order valence-corrected chi connectivity index (χ0v) is 9.85. The maximum Gasteiger partial charge on any atom is 0.288 e. The van der Waals surface area contributed by atoms with E-state index in [0.29, 0.717) is 13.2 Å². The van der Waals surface area contributed by atoms with Gasteiger partial charge in [0.05, 0.1) is 23.7 Å². The lowest BCUT2D eigenvalue weighted by Crippen LogP contribution is -2.39. The number of nitro benzene ring substituents is 1. The number of carbonyl (C=O) groups excluding carboxylic acids is 1. The number of benzene rings is 1. The van der Waals surface area contributed by atoms with E-state index in [1.807, 2.05) is 0 Å². The Morgan fingerprint density at radius 2 is 2.22 bits per heavy atom. The van der Waals surface area contributed by atoms with Crippen molar-refractivity contribution in [2.24, 2.45) is 5.73 Å². The maximum absolute atomic E-state index is 11.2. The molecule has 1 aliphatic heterocycles.